The molecule has 26 heavy (non-hydrogen) atoms. The molecule has 1 N–H and O–H groups in total. The van der Waals surface area contributed by atoms with E-state index in [2.05, 4.69) is 34.5 Å². The predicted octanol–water partition coefficient (Wildman–Crippen LogP) is 4.88. The van der Waals surface area contributed by atoms with E-state index in [0.29, 0.717) is 0 Å². The third-order valence-corrected chi connectivity index (χ3v) is 4.35. The van der Waals surface area contributed by atoms with E-state index < -0.39 is 0 Å². The van der Waals surface area contributed by atoms with E-state index in [1.54, 1.807) is 12.4 Å². The molecule has 0 spiro atoms. The zero-order chi connectivity index (χ0) is 17.8. The molecule has 4 rings (SSSR count). The maximum atomic E-state index is 4.91. The molecule has 3 aromatic heterocycles. The van der Waals surface area contributed by atoms with Crippen LogP contribution in [0.4, 0.5) is 11.5 Å². The van der Waals surface area contributed by atoms with E-state index in [1.807, 2.05) is 47.1 Å². The maximum absolute atomic E-state index is 4.91. The Bertz CT molecular complexity index is 993. The van der Waals surface area contributed by atoms with Crippen LogP contribution in [0.15, 0.2) is 67.1 Å². The molecule has 0 saturated heterocycles. The summed E-state index contributed by atoms with van der Waals surface area (Å²) in [5.41, 5.74) is 5.03. The molecular formula is C21H21N5. The lowest BCUT2D eigenvalue weighted by molar-refractivity contribution is 0.797. The van der Waals surface area contributed by atoms with Crippen LogP contribution in [0.1, 0.15) is 25.3 Å². The van der Waals surface area contributed by atoms with Gasteiger partial charge in [0.2, 0.25) is 0 Å². The van der Waals surface area contributed by atoms with E-state index in [4.69, 9.17) is 4.98 Å². The van der Waals surface area contributed by atoms with Crippen molar-refractivity contribution in [3.63, 3.8) is 0 Å². The van der Waals surface area contributed by atoms with Gasteiger partial charge in [0, 0.05) is 23.4 Å². The molecule has 5 heteroatoms. The number of unbranched alkanes of at least 4 members (excludes halogenated alkanes) is 1. The highest BCUT2D eigenvalue weighted by molar-refractivity contribution is 5.70. The second kappa shape index (κ2) is 7.35. The van der Waals surface area contributed by atoms with Gasteiger partial charge >= 0.3 is 0 Å². The molecule has 4 aromatic rings. The second-order valence-electron chi connectivity index (χ2n) is 6.27. The number of rotatable bonds is 6. The Morgan fingerprint density at radius 3 is 2.69 bits per heavy atom. The minimum atomic E-state index is 0.879. The lowest BCUT2D eigenvalue weighted by Crippen LogP contribution is -2.03. The van der Waals surface area contributed by atoms with Crippen molar-refractivity contribution in [2.75, 3.05) is 5.32 Å². The lowest BCUT2D eigenvalue weighted by Gasteiger charge is -2.11. The van der Waals surface area contributed by atoms with Crippen LogP contribution in [0.3, 0.4) is 0 Å². The summed E-state index contributed by atoms with van der Waals surface area (Å²) < 4.78 is 1.88. The molecule has 0 aliphatic heterocycles. The van der Waals surface area contributed by atoms with Crippen molar-refractivity contribution in [2.45, 2.75) is 26.2 Å². The van der Waals surface area contributed by atoms with E-state index in [0.717, 1.165) is 47.7 Å². The first-order valence-corrected chi connectivity index (χ1v) is 8.95. The van der Waals surface area contributed by atoms with Crippen molar-refractivity contribution >= 4 is 17.2 Å². The summed E-state index contributed by atoms with van der Waals surface area (Å²) in [7, 11) is 0. The molecular weight excluding hydrogens is 322 g/mol. The molecule has 0 aliphatic rings. The number of anilines is 2. The van der Waals surface area contributed by atoms with Crippen molar-refractivity contribution in [1.29, 1.82) is 0 Å². The minimum Gasteiger partial charge on any atom is -0.339 e. The molecule has 130 valence electrons. The fourth-order valence-corrected chi connectivity index (χ4v) is 2.98. The number of hydrogen-bond acceptors (Lipinski definition) is 4. The molecule has 0 aliphatic carbocycles. The number of nitrogens with one attached hydrogen (secondary N) is 1. The molecule has 0 bridgehead atoms. The number of hydrogen-bond donors (Lipinski definition) is 1. The van der Waals surface area contributed by atoms with Gasteiger partial charge in [0.25, 0.3) is 0 Å². The summed E-state index contributed by atoms with van der Waals surface area (Å²) in [6.45, 7) is 2.20. The fourth-order valence-electron chi connectivity index (χ4n) is 2.98. The summed E-state index contributed by atoms with van der Waals surface area (Å²) in [4.78, 5) is 9.08. The molecule has 0 fully saturated rings. The Morgan fingerprint density at radius 1 is 1.04 bits per heavy atom. The van der Waals surface area contributed by atoms with Crippen molar-refractivity contribution < 1.29 is 0 Å². The monoisotopic (exact) mass is 343 g/mol. The number of nitrogens with zero attached hydrogens (tertiary/aromatic N) is 4. The van der Waals surface area contributed by atoms with Crippen molar-refractivity contribution in [1.82, 2.24) is 19.6 Å². The number of benzene rings is 1. The predicted molar refractivity (Wildman–Crippen MR) is 105 cm³/mol. The largest absolute Gasteiger partial charge is 0.339 e. The smallest absolute Gasteiger partial charge is 0.161 e. The average Bonchev–Trinajstić information content (AvgIpc) is 3.11. The molecule has 0 unspecified atom stereocenters. The van der Waals surface area contributed by atoms with Crippen LogP contribution in [-0.2, 0) is 6.42 Å². The van der Waals surface area contributed by atoms with Crippen molar-refractivity contribution in [3.8, 4) is 11.3 Å². The standard InChI is InChI=1S/C21H21N5/c1-2-3-8-17-14-23-26-20(24-18-11-7-12-22-15-18)13-19(25-21(17)26)16-9-5-4-6-10-16/h4-7,9-15,24H,2-3,8H2,1H3. The number of fused-ring (bicyclic) bond motifs is 1. The van der Waals surface area contributed by atoms with E-state index in [1.165, 1.54) is 5.56 Å². The van der Waals surface area contributed by atoms with Gasteiger partial charge in [-0.2, -0.15) is 9.61 Å². The molecule has 5 nitrogen and oxygen atoms in total. The summed E-state index contributed by atoms with van der Waals surface area (Å²) in [5, 5.41) is 8.00. The van der Waals surface area contributed by atoms with Crippen LogP contribution in [0.2, 0.25) is 0 Å². The third-order valence-electron chi connectivity index (χ3n) is 4.35. The fraction of sp³-hybridized carbons (Fsp3) is 0.190. The quantitative estimate of drug-likeness (QED) is 0.542. The number of aromatic nitrogens is 4. The second-order valence-corrected chi connectivity index (χ2v) is 6.27. The zero-order valence-corrected chi connectivity index (χ0v) is 14.8. The highest BCUT2D eigenvalue weighted by Crippen LogP contribution is 2.26. The molecule has 0 saturated carbocycles. The third kappa shape index (κ3) is 3.28. The number of pyridine rings is 1. The van der Waals surface area contributed by atoms with Gasteiger partial charge in [-0.15, -0.1) is 0 Å². The van der Waals surface area contributed by atoms with Crippen LogP contribution < -0.4 is 5.32 Å². The Balaban J connectivity index is 1.84. The zero-order valence-electron chi connectivity index (χ0n) is 14.8. The molecule has 0 atom stereocenters. The normalized spacial score (nSPS) is 11.0. The van der Waals surface area contributed by atoms with Gasteiger partial charge in [-0.25, -0.2) is 4.98 Å². The van der Waals surface area contributed by atoms with E-state index in [9.17, 15) is 0 Å². The van der Waals surface area contributed by atoms with Gasteiger partial charge in [-0.1, -0.05) is 43.7 Å². The first kappa shape index (κ1) is 16.3. The van der Waals surface area contributed by atoms with Crippen molar-refractivity contribution in [2.24, 2.45) is 0 Å². The maximum Gasteiger partial charge on any atom is 0.161 e. The van der Waals surface area contributed by atoms with Gasteiger partial charge in [0.1, 0.15) is 5.82 Å². The first-order chi connectivity index (χ1) is 12.8. The molecule has 1 aromatic carbocycles. The van der Waals surface area contributed by atoms with Crippen LogP contribution in [0.5, 0.6) is 0 Å². The summed E-state index contributed by atoms with van der Waals surface area (Å²) in [5.74, 6) is 0.879. The van der Waals surface area contributed by atoms with Gasteiger partial charge in [0.05, 0.1) is 23.8 Å². The Hall–Kier alpha value is -3.21. The Morgan fingerprint density at radius 2 is 1.92 bits per heavy atom. The lowest BCUT2D eigenvalue weighted by atomic mass is 10.1. The molecule has 0 amide bonds. The van der Waals surface area contributed by atoms with Crippen LogP contribution in [0, 0.1) is 0 Å². The van der Waals surface area contributed by atoms with E-state index >= 15 is 0 Å². The molecule has 3 heterocycles. The average molecular weight is 343 g/mol. The topological polar surface area (TPSA) is 55.1 Å². The van der Waals surface area contributed by atoms with Crippen LogP contribution >= 0.6 is 0 Å². The Labute approximate surface area is 152 Å². The Kier molecular flexibility index (Phi) is 4.60. The SMILES string of the molecule is CCCCc1cnn2c(Nc3cccnc3)cc(-c3ccccc3)nc12. The van der Waals surface area contributed by atoms with Gasteiger partial charge in [0.15, 0.2) is 5.65 Å². The number of aryl methyl sites for hydroxylation is 1. The van der Waals surface area contributed by atoms with Crippen molar-refractivity contribution in [3.05, 3.63) is 72.7 Å². The molecule has 0 radical (unpaired) electrons. The van der Waals surface area contributed by atoms with Gasteiger partial charge < -0.3 is 5.32 Å². The highest BCUT2D eigenvalue weighted by atomic mass is 15.3. The van der Waals surface area contributed by atoms with Crippen LogP contribution in [-0.4, -0.2) is 19.6 Å². The van der Waals surface area contributed by atoms with E-state index in [-0.39, 0.29) is 0 Å². The minimum absolute atomic E-state index is 0.879. The summed E-state index contributed by atoms with van der Waals surface area (Å²) in [6, 6.07) is 16.2. The summed E-state index contributed by atoms with van der Waals surface area (Å²) in [6.07, 6.45) is 8.76. The first-order valence-electron chi connectivity index (χ1n) is 8.95. The highest BCUT2D eigenvalue weighted by Gasteiger charge is 2.13. The summed E-state index contributed by atoms with van der Waals surface area (Å²) >= 11 is 0. The van der Waals surface area contributed by atoms with Crippen LogP contribution in [0.25, 0.3) is 16.9 Å². The van der Waals surface area contributed by atoms with Gasteiger partial charge in [-0.05, 0) is 25.0 Å². The van der Waals surface area contributed by atoms with Gasteiger partial charge in [-0.3, -0.25) is 4.98 Å².